The fourth-order valence-electron chi connectivity index (χ4n) is 3.05. The molecule has 132 valence electrons. The number of hydrogen-bond acceptors (Lipinski definition) is 6. The molecule has 0 atom stereocenters. The maximum Gasteiger partial charge on any atom is 0.336 e. The van der Waals surface area contributed by atoms with E-state index in [-0.39, 0.29) is 11.5 Å². The van der Waals surface area contributed by atoms with Crippen LogP contribution in [0.3, 0.4) is 0 Å². The Labute approximate surface area is 154 Å². The summed E-state index contributed by atoms with van der Waals surface area (Å²) in [7, 11) is 0. The number of hydrogen-bond donors (Lipinski definition) is 0. The number of aryl methyl sites for hydroxylation is 2. The number of rotatable bonds is 3. The molecular weight excluding hydrogens is 348 g/mol. The van der Waals surface area contributed by atoms with E-state index >= 15 is 0 Å². The Morgan fingerprint density at radius 3 is 2.73 bits per heavy atom. The maximum absolute atomic E-state index is 11.9. The van der Waals surface area contributed by atoms with Gasteiger partial charge in [-0.25, -0.2) is 14.8 Å². The van der Waals surface area contributed by atoms with E-state index in [1.807, 2.05) is 19.1 Å². The minimum Gasteiger partial charge on any atom is -0.438 e. The molecule has 5 nitrogen and oxygen atoms in total. The molecule has 0 spiro atoms. The number of nitrogens with zero attached hydrogens (tertiary/aromatic N) is 2. The third-order valence-corrected chi connectivity index (χ3v) is 5.63. The van der Waals surface area contributed by atoms with Crippen molar-refractivity contribution in [3.63, 3.8) is 0 Å². The quantitative estimate of drug-likeness (QED) is 0.459. The molecule has 0 aliphatic heterocycles. The van der Waals surface area contributed by atoms with Gasteiger partial charge in [0, 0.05) is 22.4 Å². The molecule has 3 heterocycles. The van der Waals surface area contributed by atoms with Gasteiger partial charge in [0.1, 0.15) is 22.5 Å². The van der Waals surface area contributed by atoms with Gasteiger partial charge in [0.2, 0.25) is 5.88 Å². The summed E-state index contributed by atoms with van der Waals surface area (Å²) in [4.78, 5) is 22.6. The summed E-state index contributed by atoms with van der Waals surface area (Å²) < 4.78 is 11.4. The van der Waals surface area contributed by atoms with E-state index in [0.717, 1.165) is 26.7 Å². The largest absolute Gasteiger partial charge is 0.438 e. The second-order valence-corrected chi connectivity index (χ2v) is 7.78. The van der Waals surface area contributed by atoms with E-state index in [4.69, 9.17) is 9.15 Å². The van der Waals surface area contributed by atoms with Crippen molar-refractivity contribution < 1.29 is 9.15 Å². The Bertz CT molecular complexity index is 1190. The van der Waals surface area contributed by atoms with Gasteiger partial charge in [-0.05, 0) is 43.0 Å². The molecule has 0 aliphatic carbocycles. The first kappa shape index (κ1) is 16.7. The summed E-state index contributed by atoms with van der Waals surface area (Å²) in [5, 5.41) is 1.84. The van der Waals surface area contributed by atoms with Crippen LogP contribution in [0.5, 0.6) is 11.6 Å². The van der Waals surface area contributed by atoms with Crippen LogP contribution in [0.1, 0.15) is 35.8 Å². The Balaban J connectivity index is 1.83. The van der Waals surface area contributed by atoms with Crippen molar-refractivity contribution in [3.8, 4) is 11.6 Å². The molecule has 6 heteroatoms. The minimum absolute atomic E-state index is 0.228. The lowest BCUT2D eigenvalue weighted by atomic mass is 10.00. The highest BCUT2D eigenvalue weighted by Crippen LogP contribution is 2.36. The lowest BCUT2D eigenvalue weighted by Gasteiger charge is -2.10. The van der Waals surface area contributed by atoms with Crippen molar-refractivity contribution >= 4 is 32.5 Å². The van der Waals surface area contributed by atoms with Crippen molar-refractivity contribution in [1.82, 2.24) is 9.97 Å². The Morgan fingerprint density at radius 2 is 1.96 bits per heavy atom. The molecule has 1 aromatic carbocycles. The molecule has 0 amide bonds. The molecule has 26 heavy (non-hydrogen) atoms. The van der Waals surface area contributed by atoms with Crippen LogP contribution >= 0.6 is 11.3 Å². The number of thiophene rings is 1. The van der Waals surface area contributed by atoms with Crippen molar-refractivity contribution in [1.29, 1.82) is 0 Å². The second kappa shape index (κ2) is 6.21. The average molecular weight is 366 g/mol. The van der Waals surface area contributed by atoms with Gasteiger partial charge in [0.25, 0.3) is 0 Å². The first-order chi connectivity index (χ1) is 12.4. The number of ether oxygens (including phenoxy) is 1. The first-order valence-electron chi connectivity index (χ1n) is 8.40. The summed E-state index contributed by atoms with van der Waals surface area (Å²) >= 11 is 1.62. The van der Waals surface area contributed by atoms with Gasteiger partial charge in [0.05, 0.1) is 5.39 Å². The minimum atomic E-state index is -0.355. The van der Waals surface area contributed by atoms with Crippen LogP contribution in [0.25, 0.3) is 21.2 Å². The number of benzene rings is 1. The lowest BCUT2D eigenvalue weighted by molar-refractivity contribution is 0.466. The van der Waals surface area contributed by atoms with Crippen LogP contribution in [0.15, 0.2) is 39.8 Å². The zero-order valence-electron chi connectivity index (χ0n) is 15.0. The highest BCUT2D eigenvalue weighted by Gasteiger charge is 2.15. The van der Waals surface area contributed by atoms with Gasteiger partial charge in [-0.15, -0.1) is 11.3 Å². The van der Waals surface area contributed by atoms with Crippen LogP contribution in [0.2, 0.25) is 0 Å². The average Bonchev–Trinajstić information content (AvgIpc) is 2.89. The summed E-state index contributed by atoms with van der Waals surface area (Å²) in [6.07, 6.45) is 1.51. The highest BCUT2D eigenvalue weighted by molar-refractivity contribution is 7.18. The molecular formula is C20H18N2O3S. The second-order valence-electron chi connectivity index (χ2n) is 6.58. The van der Waals surface area contributed by atoms with Gasteiger partial charge in [0.15, 0.2) is 0 Å². The Hall–Kier alpha value is -2.73. The fraction of sp³-hybridized carbons (Fsp3) is 0.250. The summed E-state index contributed by atoms with van der Waals surface area (Å²) in [5.41, 5.74) is 2.25. The maximum atomic E-state index is 11.9. The predicted molar refractivity (Wildman–Crippen MR) is 104 cm³/mol. The molecule has 0 aliphatic rings. The smallest absolute Gasteiger partial charge is 0.336 e. The molecule has 0 bridgehead atoms. The van der Waals surface area contributed by atoms with Crippen molar-refractivity contribution in [2.75, 3.05) is 0 Å². The summed E-state index contributed by atoms with van der Waals surface area (Å²) in [6, 6.07) is 7.09. The third-order valence-electron chi connectivity index (χ3n) is 4.52. The van der Waals surface area contributed by atoms with Crippen molar-refractivity contribution in [2.24, 2.45) is 0 Å². The van der Waals surface area contributed by atoms with E-state index in [9.17, 15) is 4.79 Å². The standard InChI is InChI=1S/C20H18N2O3S/c1-10(2)15-8-17(23)25-16-7-13(5-6-14(15)16)24-19-18-11(3)12(4)26-20(18)22-9-21-19/h5-10H,1-4H3. The van der Waals surface area contributed by atoms with E-state index in [1.54, 1.807) is 23.5 Å². The SMILES string of the molecule is Cc1sc2ncnc(Oc3ccc4c(C(C)C)cc(=O)oc4c3)c2c1C. The zero-order valence-corrected chi connectivity index (χ0v) is 15.8. The van der Waals surface area contributed by atoms with Gasteiger partial charge in [-0.2, -0.15) is 0 Å². The molecule has 4 rings (SSSR count). The molecule has 3 aromatic heterocycles. The molecule has 0 fully saturated rings. The monoisotopic (exact) mass is 366 g/mol. The van der Waals surface area contributed by atoms with Crippen LogP contribution in [-0.4, -0.2) is 9.97 Å². The highest BCUT2D eigenvalue weighted by atomic mass is 32.1. The molecule has 0 saturated carbocycles. The van der Waals surface area contributed by atoms with E-state index in [0.29, 0.717) is 17.2 Å². The summed E-state index contributed by atoms with van der Waals surface area (Å²) in [6.45, 7) is 8.21. The third kappa shape index (κ3) is 2.76. The van der Waals surface area contributed by atoms with Crippen LogP contribution in [-0.2, 0) is 0 Å². The van der Waals surface area contributed by atoms with E-state index in [2.05, 4.69) is 30.7 Å². The topological polar surface area (TPSA) is 65.2 Å². The first-order valence-corrected chi connectivity index (χ1v) is 9.22. The molecule has 0 radical (unpaired) electrons. The zero-order chi connectivity index (χ0) is 18.4. The lowest BCUT2D eigenvalue weighted by Crippen LogP contribution is -2.02. The van der Waals surface area contributed by atoms with Gasteiger partial charge >= 0.3 is 5.63 Å². The predicted octanol–water partition coefficient (Wildman–Crippen LogP) is 5.33. The van der Waals surface area contributed by atoms with Crippen molar-refractivity contribution in [3.05, 3.63) is 57.0 Å². The number of fused-ring (bicyclic) bond motifs is 2. The Kier molecular flexibility index (Phi) is 4.00. The van der Waals surface area contributed by atoms with Crippen molar-refractivity contribution in [2.45, 2.75) is 33.6 Å². The molecule has 0 unspecified atom stereocenters. The van der Waals surface area contributed by atoms with Gasteiger partial charge in [-0.1, -0.05) is 13.8 Å². The Morgan fingerprint density at radius 1 is 1.15 bits per heavy atom. The van der Waals surface area contributed by atoms with E-state index in [1.165, 1.54) is 11.2 Å². The fourth-order valence-corrected chi connectivity index (χ4v) is 4.04. The normalized spacial score (nSPS) is 11.6. The number of aromatic nitrogens is 2. The van der Waals surface area contributed by atoms with Crippen LogP contribution < -0.4 is 10.4 Å². The van der Waals surface area contributed by atoms with Crippen LogP contribution in [0.4, 0.5) is 0 Å². The summed E-state index contributed by atoms with van der Waals surface area (Å²) in [5.74, 6) is 1.31. The molecule has 0 N–H and O–H groups in total. The molecule has 4 aromatic rings. The van der Waals surface area contributed by atoms with Gasteiger partial charge < -0.3 is 9.15 Å². The van der Waals surface area contributed by atoms with E-state index < -0.39 is 0 Å². The van der Waals surface area contributed by atoms with Gasteiger partial charge in [-0.3, -0.25) is 0 Å². The van der Waals surface area contributed by atoms with Crippen LogP contribution in [0, 0.1) is 13.8 Å². The molecule has 0 saturated heterocycles.